The molecule has 2 rings (SSSR count). The predicted octanol–water partition coefficient (Wildman–Crippen LogP) is 5.60. The van der Waals surface area contributed by atoms with Crippen molar-refractivity contribution in [3.05, 3.63) is 56.8 Å². The van der Waals surface area contributed by atoms with Gasteiger partial charge < -0.3 is 10.5 Å². The summed E-state index contributed by atoms with van der Waals surface area (Å²) in [5.41, 5.74) is 6.34. The van der Waals surface area contributed by atoms with E-state index in [1.54, 1.807) is 6.92 Å². The molecule has 0 amide bonds. The van der Waals surface area contributed by atoms with E-state index in [1.807, 2.05) is 0 Å². The molecule has 1 unspecified atom stereocenters. The molecule has 2 N–H and O–H groups in total. The summed E-state index contributed by atoms with van der Waals surface area (Å²) in [5.74, 6) is 0.362. The number of halogens is 4. The van der Waals surface area contributed by atoms with Gasteiger partial charge >= 0.3 is 0 Å². The SMILES string of the molecule is CC(N)c1cc(F)ccc1Oc1cc(Cl)c(Cl)cc1Cl. The Morgan fingerprint density at radius 2 is 1.65 bits per heavy atom. The number of ether oxygens (including phenoxy) is 1. The molecule has 0 saturated heterocycles. The smallest absolute Gasteiger partial charge is 0.147 e. The first-order valence-electron chi connectivity index (χ1n) is 5.76. The van der Waals surface area contributed by atoms with E-state index in [0.29, 0.717) is 32.1 Å². The highest BCUT2D eigenvalue weighted by Crippen LogP contribution is 2.38. The minimum atomic E-state index is -0.387. The molecule has 0 bridgehead atoms. The summed E-state index contributed by atoms with van der Waals surface area (Å²) in [5, 5.41) is 0.949. The van der Waals surface area contributed by atoms with Gasteiger partial charge in [-0.3, -0.25) is 0 Å². The lowest BCUT2D eigenvalue weighted by Crippen LogP contribution is -2.07. The van der Waals surface area contributed by atoms with Gasteiger partial charge in [0.25, 0.3) is 0 Å². The third-order valence-corrected chi connectivity index (χ3v) is 3.67. The van der Waals surface area contributed by atoms with Gasteiger partial charge in [0.15, 0.2) is 0 Å². The maximum atomic E-state index is 13.3. The second-order valence-electron chi connectivity index (χ2n) is 4.27. The third kappa shape index (κ3) is 3.36. The number of nitrogens with two attached hydrogens (primary N) is 1. The van der Waals surface area contributed by atoms with Gasteiger partial charge in [0.05, 0.1) is 15.1 Å². The Balaban J connectivity index is 2.42. The fourth-order valence-corrected chi connectivity index (χ4v) is 2.24. The summed E-state index contributed by atoms with van der Waals surface area (Å²) in [4.78, 5) is 0. The standard InChI is InChI=1S/C14H11Cl3FNO/c1-7(19)9-4-8(18)2-3-13(9)20-14-6-11(16)10(15)5-12(14)17/h2-7H,19H2,1H3. The molecule has 2 aromatic rings. The highest BCUT2D eigenvalue weighted by molar-refractivity contribution is 6.43. The molecule has 0 fully saturated rings. The summed E-state index contributed by atoms with van der Waals surface area (Å²) in [6, 6.07) is 6.70. The van der Waals surface area contributed by atoms with Crippen LogP contribution in [0.15, 0.2) is 30.3 Å². The van der Waals surface area contributed by atoms with Crippen LogP contribution in [0.2, 0.25) is 15.1 Å². The highest BCUT2D eigenvalue weighted by atomic mass is 35.5. The molecule has 0 heterocycles. The molecule has 0 spiro atoms. The van der Waals surface area contributed by atoms with Gasteiger partial charge in [-0.1, -0.05) is 34.8 Å². The van der Waals surface area contributed by atoms with Crippen molar-refractivity contribution in [3.8, 4) is 11.5 Å². The van der Waals surface area contributed by atoms with E-state index in [-0.39, 0.29) is 11.9 Å². The molecule has 0 aromatic heterocycles. The molecule has 2 nitrogen and oxygen atoms in total. The van der Waals surface area contributed by atoms with Gasteiger partial charge in [-0.05, 0) is 31.2 Å². The van der Waals surface area contributed by atoms with E-state index < -0.39 is 0 Å². The van der Waals surface area contributed by atoms with Crippen LogP contribution >= 0.6 is 34.8 Å². The molecule has 2 aromatic carbocycles. The van der Waals surface area contributed by atoms with Gasteiger partial charge in [0.1, 0.15) is 17.3 Å². The second kappa shape index (κ2) is 6.19. The Labute approximate surface area is 131 Å². The van der Waals surface area contributed by atoms with Gasteiger partial charge in [-0.25, -0.2) is 4.39 Å². The van der Waals surface area contributed by atoms with Crippen molar-refractivity contribution < 1.29 is 9.13 Å². The lowest BCUT2D eigenvalue weighted by atomic mass is 10.1. The van der Waals surface area contributed by atoms with Gasteiger partial charge in [-0.2, -0.15) is 0 Å². The van der Waals surface area contributed by atoms with Crippen molar-refractivity contribution in [2.24, 2.45) is 5.73 Å². The lowest BCUT2D eigenvalue weighted by Gasteiger charge is -2.15. The molecule has 106 valence electrons. The van der Waals surface area contributed by atoms with E-state index in [2.05, 4.69) is 0 Å². The van der Waals surface area contributed by atoms with E-state index in [9.17, 15) is 4.39 Å². The van der Waals surface area contributed by atoms with Crippen molar-refractivity contribution in [1.82, 2.24) is 0 Å². The van der Waals surface area contributed by atoms with Crippen molar-refractivity contribution in [2.45, 2.75) is 13.0 Å². The Morgan fingerprint density at radius 1 is 1.00 bits per heavy atom. The van der Waals surface area contributed by atoms with Crippen molar-refractivity contribution in [2.75, 3.05) is 0 Å². The normalized spacial score (nSPS) is 12.3. The second-order valence-corrected chi connectivity index (χ2v) is 5.49. The number of benzene rings is 2. The first-order chi connectivity index (χ1) is 9.38. The number of hydrogen-bond donors (Lipinski definition) is 1. The fraction of sp³-hybridized carbons (Fsp3) is 0.143. The molecule has 0 aliphatic carbocycles. The van der Waals surface area contributed by atoms with Crippen LogP contribution in [-0.2, 0) is 0 Å². The van der Waals surface area contributed by atoms with E-state index in [4.69, 9.17) is 45.3 Å². The average Bonchev–Trinajstić information content (AvgIpc) is 2.37. The van der Waals surface area contributed by atoms with Crippen LogP contribution in [0.3, 0.4) is 0 Å². The molecule has 0 saturated carbocycles. The minimum Gasteiger partial charge on any atom is -0.455 e. The first-order valence-corrected chi connectivity index (χ1v) is 6.89. The molecule has 0 radical (unpaired) electrons. The van der Waals surface area contributed by atoms with E-state index in [1.165, 1.54) is 30.3 Å². The van der Waals surface area contributed by atoms with Crippen LogP contribution < -0.4 is 10.5 Å². The van der Waals surface area contributed by atoms with Crippen molar-refractivity contribution in [3.63, 3.8) is 0 Å². The minimum absolute atomic E-state index is 0.305. The zero-order chi connectivity index (χ0) is 14.9. The topological polar surface area (TPSA) is 35.2 Å². The quantitative estimate of drug-likeness (QED) is 0.742. The summed E-state index contributed by atoms with van der Waals surface area (Å²) in [6.45, 7) is 1.73. The summed E-state index contributed by atoms with van der Waals surface area (Å²) in [7, 11) is 0. The van der Waals surface area contributed by atoms with Crippen LogP contribution in [0.5, 0.6) is 11.5 Å². The van der Waals surface area contributed by atoms with Crippen LogP contribution in [0.25, 0.3) is 0 Å². The maximum Gasteiger partial charge on any atom is 0.147 e. The molecular formula is C14H11Cl3FNO. The van der Waals surface area contributed by atoms with E-state index >= 15 is 0 Å². The summed E-state index contributed by atoms with van der Waals surface area (Å²) >= 11 is 17.8. The number of rotatable bonds is 3. The van der Waals surface area contributed by atoms with Crippen molar-refractivity contribution >= 4 is 34.8 Å². The fourth-order valence-electron chi connectivity index (χ4n) is 1.67. The first kappa shape index (κ1) is 15.4. The molecule has 1 atom stereocenters. The monoisotopic (exact) mass is 333 g/mol. The Kier molecular flexibility index (Phi) is 4.76. The molecule has 6 heteroatoms. The van der Waals surface area contributed by atoms with E-state index in [0.717, 1.165) is 0 Å². The number of hydrogen-bond acceptors (Lipinski definition) is 2. The summed E-state index contributed by atoms with van der Waals surface area (Å²) in [6.07, 6.45) is 0. The largest absolute Gasteiger partial charge is 0.455 e. The molecule has 0 aliphatic rings. The van der Waals surface area contributed by atoms with Gasteiger partial charge in [-0.15, -0.1) is 0 Å². The zero-order valence-corrected chi connectivity index (χ0v) is 12.7. The lowest BCUT2D eigenvalue weighted by molar-refractivity contribution is 0.469. The zero-order valence-electron chi connectivity index (χ0n) is 10.5. The predicted molar refractivity (Wildman–Crippen MR) is 80.5 cm³/mol. The maximum absolute atomic E-state index is 13.3. The van der Waals surface area contributed by atoms with Crippen LogP contribution in [0, 0.1) is 5.82 Å². The Bertz CT molecular complexity index is 647. The molecule has 20 heavy (non-hydrogen) atoms. The molecular weight excluding hydrogens is 324 g/mol. The Hall–Kier alpha value is -1.000. The Morgan fingerprint density at radius 3 is 2.30 bits per heavy atom. The van der Waals surface area contributed by atoms with Gasteiger partial charge in [0.2, 0.25) is 0 Å². The van der Waals surface area contributed by atoms with Crippen molar-refractivity contribution in [1.29, 1.82) is 0 Å². The van der Waals surface area contributed by atoms with Crippen LogP contribution in [0.4, 0.5) is 4.39 Å². The van der Waals surface area contributed by atoms with Gasteiger partial charge in [0, 0.05) is 17.7 Å². The average molecular weight is 335 g/mol. The van der Waals surface area contributed by atoms with Crippen LogP contribution in [-0.4, -0.2) is 0 Å². The third-order valence-electron chi connectivity index (χ3n) is 2.66. The summed E-state index contributed by atoms with van der Waals surface area (Å²) < 4.78 is 18.9. The molecule has 0 aliphatic heterocycles. The highest BCUT2D eigenvalue weighted by Gasteiger charge is 2.13. The van der Waals surface area contributed by atoms with Crippen LogP contribution in [0.1, 0.15) is 18.5 Å².